The van der Waals surface area contributed by atoms with Crippen LogP contribution < -0.4 is 11.0 Å². The zero-order valence-electron chi connectivity index (χ0n) is 11.0. The Balaban J connectivity index is 2.23. The molecular formula is C14H18FN3O. The zero-order valence-corrected chi connectivity index (χ0v) is 11.0. The van der Waals surface area contributed by atoms with Gasteiger partial charge in [0.05, 0.1) is 11.0 Å². The molecule has 0 amide bonds. The normalized spacial score (nSPS) is 17.2. The van der Waals surface area contributed by atoms with Crippen LogP contribution in [0, 0.1) is 5.82 Å². The number of piperidine rings is 1. The van der Waals surface area contributed by atoms with Crippen LogP contribution in [0.15, 0.2) is 23.0 Å². The topological polar surface area (TPSA) is 39.0 Å². The van der Waals surface area contributed by atoms with Crippen molar-refractivity contribution in [2.45, 2.75) is 32.4 Å². The van der Waals surface area contributed by atoms with Crippen molar-refractivity contribution in [1.29, 1.82) is 0 Å². The van der Waals surface area contributed by atoms with Gasteiger partial charge in [-0.25, -0.2) is 9.18 Å². The minimum atomic E-state index is -0.294. The molecule has 0 spiro atoms. The number of nitrogens with one attached hydrogen (secondary N) is 1. The number of hydrogen-bond acceptors (Lipinski definition) is 2. The summed E-state index contributed by atoms with van der Waals surface area (Å²) in [5, 5.41) is 3.30. The molecule has 1 saturated heterocycles. The van der Waals surface area contributed by atoms with Crippen LogP contribution in [-0.2, 0) is 6.54 Å². The van der Waals surface area contributed by atoms with Gasteiger partial charge in [0.15, 0.2) is 0 Å². The minimum Gasteiger partial charge on any atom is -0.317 e. The molecule has 0 atom stereocenters. The lowest BCUT2D eigenvalue weighted by atomic mass is 10.1. The Hall–Kier alpha value is -1.62. The molecule has 19 heavy (non-hydrogen) atoms. The Labute approximate surface area is 110 Å². The number of rotatable bonds is 2. The van der Waals surface area contributed by atoms with Crippen LogP contribution in [0.4, 0.5) is 4.39 Å². The van der Waals surface area contributed by atoms with Gasteiger partial charge in [-0.2, -0.15) is 0 Å². The molecule has 2 heterocycles. The van der Waals surface area contributed by atoms with E-state index in [0.29, 0.717) is 12.1 Å². The van der Waals surface area contributed by atoms with Crippen molar-refractivity contribution in [3.63, 3.8) is 0 Å². The Kier molecular flexibility index (Phi) is 3.14. The molecule has 0 aliphatic carbocycles. The molecule has 1 aromatic carbocycles. The van der Waals surface area contributed by atoms with Crippen LogP contribution in [0.1, 0.15) is 25.8 Å². The monoisotopic (exact) mass is 263 g/mol. The summed E-state index contributed by atoms with van der Waals surface area (Å²) >= 11 is 0. The van der Waals surface area contributed by atoms with Gasteiger partial charge in [0.25, 0.3) is 0 Å². The molecule has 1 N–H and O–H groups in total. The number of fused-ring (bicyclic) bond motifs is 1. The second-order valence-electron chi connectivity index (χ2n) is 5.01. The molecule has 1 aliphatic heterocycles. The first-order valence-corrected chi connectivity index (χ1v) is 6.83. The highest BCUT2D eigenvalue weighted by Gasteiger charge is 2.21. The minimum absolute atomic E-state index is 0.0185. The van der Waals surface area contributed by atoms with Crippen LogP contribution in [-0.4, -0.2) is 22.2 Å². The van der Waals surface area contributed by atoms with Crippen molar-refractivity contribution in [1.82, 2.24) is 14.5 Å². The first-order valence-electron chi connectivity index (χ1n) is 6.83. The largest absolute Gasteiger partial charge is 0.329 e. The van der Waals surface area contributed by atoms with E-state index in [4.69, 9.17) is 0 Å². The summed E-state index contributed by atoms with van der Waals surface area (Å²) < 4.78 is 16.9. The number of imidazole rings is 1. The van der Waals surface area contributed by atoms with E-state index in [1.807, 2.05) is 11.5 Å². The zero-order chi connectivity index (χ0) is 13.4. The van der Waals surface area contributed by atoms with Crippen LogP contribution in [0.2, 0.25) is 0 Å². The van der Waals surface area contributed by atoms with Gasteiger partial charge in [-0.05, 0) is 51.1 Å². The lowest BCUT2D eigenvalue weighted by Crippen LogP contribution is -2.34. The Morgan fingerprint density at radius 1 is 1.32 bits per heavy atom. The van der Waals surface area contributed by atoms with Gasteiger partial charge in [0.2, 0.25) is 0 Å². The van der Waals surface area contributed by atoms with E-state index >= 15 is 0 Å². The predicted octanol–water partition coefficient (Wildman–Crippen LogP) is 1.89. The van der Waals surface area contributed by atoms with E-state index in [1.165, 1.54) is 12.1 Å². The fourth-order valence-electron chi connectivity index (χ4n) is 2.98. The molecule has 0 unspecified atom stereocenters. The highest BCUT2D eigenvalue weighted by atomic mass is 19.1. The van der Waals surface area contributed by atoms with Gasteiger partial charge < -0.3 is 5.32 Å². The maximum absolute atomic E-state index is 13.4. The summed E-state index contributed by atoms with van der Waals surface area (Å²) in [6.07, 6.45) is 1.89. The summed E-state index contributed by atoms with van der Waals surface area (Å²) in [5.41, 5.74) is 1.53. The van der Waals surface area contributed by atoms with Gasteiger partial charge >= 0.3 is 5.69 Å². The molecular weight excluding hydrogens is 245 g/mol. The van der Waals surface area contributed by atoms with E-state index in [9.17, 15) is 9.18 Å². The summed E-state index contributed by atoms with van der Waals surface area (Å²) in [7, 11) is 0. The van der Waals surface area contributed by atoms with Crippen LogP contribution in [0.5, 0.6) is 0 Å². The molecule has 1 aromatic heterocycles. The molecule has 1 aliphatic rings. The van der Waals surface area contributed by atoms with Crippen LogP contribution in [0.3, 0.4) is 0 Å². The van der Waals surface area contributed by atoms with Crippen molar-refractivity contribution in [3.05, 3.63) is 34.5 Å². The maximum atomic E-state index is 13.4. The Morgan fingerprint density at radius 3 is 2.74 bits per heavy atom. The third kappa shape index (κ3) is 1.98. The smallest absolute Gasteiger partial charge is 0.317 e. The average Bonchev–Trinajstić information content (AvgIpc) is 2.70. The third-order valence-electron chi connectivity index (χ3n) is 3.91. The van der Waals surface area contributed by atoms with Crippen molar-refractivity contribution in [2.75, 3.05) is 13.1 Å². The summed E-state index contributed by atoms with van der Waals surface area (Å²) in [6, 6.07) is 4.83. The van der Waals surface area contributed by atoms with Crippen LogP contribution >= 0.6 is 0 Å². The van der Waals surface area contributed by atoms with Gasteiger partial charge in [0.1, 0.15) is 5.82 Å². The standard InChI is InChI=1S/C14H18FN3O/c1-2-17-13-9-10(15)3-4-12(13)18(14(17)19)11-5-7-16-8-6-11/h3-4,9,11,16H,2,5-8H2,1H3. The van der Waals surface area contributed by atoms with Crippen molar-refractivity contribution in [2.24, 2.45) is 0 Å². The Bertz CT molecular complexity index is 652. The fraction of sp³-hybridized carbons (Fsp3) is 0.500. The lowest BCUT2D eigenvalue weighted by molar-refractivity contribution is 0.365. The van der Waals surface area contributed by atoms with Crippen molar-refractivity contribution >= 4 is 11.0 Å². The molecule has 4 nitrogen and oxygen atoms in total. The van der Waals surface area contributed by atoms with Gasteiger partial charge in [-0.3, -0.25) is 9.13 Å². The van der Waals surface area contributed by atoms with Crippen molar-refractivity contribution in [3.8, 4) is 0 Å². The third-order valence-corrected chi connectivity index (χ3v) is 3.91. The predicted molar refractivity (Wildman–Crippen MR) is 73.0 cm³/mol. The molecule has 0 bridgehead atoms. The molecule has 5 heteroatoms. The molecule has 1 fully saturated rings. The summed E-state index contributed by atoms with van der Waals surface area (Å²) in [4.78, 5) is 12.5. The van der Waals surface area contributed by atoms with E-state index in [2.05, 4.69) is 5.32 Å². The Morgan fingerprint density at radius 2 is 2.05 bits per heavy atom. The summed E-state index contributed by atoms with van der Waals surface area (Å²) in [5.74, 6) is -0.294. The van der Waals surface area contributed by atoms with Gasteiger partial charge in [-0.15, -0.1) is 0 Å². The summed E-state index contributed by atoms with van der Waals surface area (Å²) in [6.45, 7) is 4.34. The fourth-order valence-corrected chi connectivity index (χ4v) is 2.98. The van der Waals surface area contributed by atoms with Crippen LogP contribution in [0.25, 0.3) is 11.0 Å². The SMILES string of the molecule is CCn1c(=O)n(C2CCNCC2)c2ccc(F)cc21. The second-order valence-corrected chi connectivity index (χ2v) is 5.01. The average molecular weight is 263 g/mol. The molecule has 2 aromatic rings. The molecule has 3 rings (SSSR count). The first-order chi connectivity index (χ1) is 9.22. The highest BCUT2D eigenvalue weighted by molar-refractivity contribution is 5.76. The van der Waals surface area contributed by atoms with Gasteiger partial charge in [-0.1, -0.05) is 0 Å². The van der Waals surface area contributed by atoms with E-state index in [1.54, 1.807) is 10.6 Å². The quantitative estimate of drug-likeness (QED) is 0.898. The number of halogens is 1. The van der Waals surface area contributed by atoms with Crippen molar-refractivity contribution < 1.29 is 4.39 Å². The first kappa shape index (κ1) is 12.4. The molecule has 102 valence electrons. The van der Waals surface area contributed by atoms with E-state index < -0.39 is 0 Å². The van der Waals surface area contributed by atoms with E-state index in [0.717, 1.165) is 31.4 Å². The lowest BCUT2D eigenvalue weighted by Gasteiger charge is -2.23. The number of hydrogen-bond donors (Lipinski definition) is 1. The number of nitrogens with zero attached hydrogens (tertiary/aromatic N) is 2. The second kappa shape index (κ2) is 4.81. The molecule has 0 radical (unpaired) electrons. The number of benzene rings is 1. The maximum Gasteiger partial charge on any atom is 0.329 e. The highest BCUT2D eigenvalue weighted by Crippen LogP contribution is 2.23. The molecule has 0 saturated carbocycles. The van der Waals surface area contributed by atoms with Gasteiger partial charge in [0, 0.05) is 12.6 Å². The van der Waals surface area contributed by atoms with E-state index in [-0.39, 0.29) is 17.5 Å². The number of aromatic nitrogens is 2. The number of aryl methyl sites for hydroxylation is 1.